The van der Waals surface area contributed by atoms with Crippen molar-refractivity contribution in [3.8, 4) is 5.69 Å². The summed E-state index contributed by atoms with van der Waals surface area (Å²) < 4.78 is 2.03. The van der Waals surface area contributed by atoms with E-state index < -0.39 is 0 Å². The average molecular weight is 283 g/mol. The van der Waals surface area contributed by atoms with Crippen molar-refractivity contribution in [3.63, 3.8) is 0 Å². The highest BCUT2D eigenvalue weighted by atomic mass is 15.3. The first-order valence-corrected chi connectivity index (χ1v) is 7.83. The molecule has 3 nitrogen and oxygen atoms in total. The van der Waals surface area contributed by atoms with E-state index in [1.807, 2.05) is 4.68 Å². The van der Waals surface area contributed by atoms with Gasteiger partial charge in [-0.2, -0.15) is 5.10 Å². The van der Waals surface area contributed by atoms with E-state index in [1.165, 1.54) is 35.3 Å². The highest BCUT2D eigenvalue weighted by Gasteiger charge is 2.26. The zero-order valence-corrected chi connectivity index (χ0v) is 13.5. The van der Waals surface area contributed by atoms with Crippen molar-refractivity contribution in [1.29, 1.82) is 0 Å². The molecular formula is C18H25N3. The van der Waals surface area contributed by atoms with Gasteiger partial charge in [0, 0.05) is 24.2 Å². The summed E-state index contributed by atoms with van der Waals surface area (Å²) in [5.74, 6) is 0.702. The Balaban J connectivity index is 1.88. The number of hydrogen-bond acceptors (Lipinski definition) is 2. The monoisotopic (exact) mass is 283 g/mol. The van der Waals surface area contributed by atoms with Gasteiger partial charge in [-0.25, -0.2) is 4.68 Å². The molecular weight excluding hydrogens is 258 g/mol. The van der Waals surface area contributed by atoms with Crippen LogP contribution >= 0.6 is 0 Å². The lowest BCUT2D eigenvalue weighted by Gasteiger charge is -2.22. The van der Waals surface area contributed by atoms with Gasteiger partial charge in [0.25, 0.3) is 0 Å². The Kier molecular flexibility index (Phi) is 3.62. The van der Waals surface area contributed by atoms with E-state index >= 15 is 0 Å². The molecule has 1 aromatic heterocycles. The molecule has 0 spiro atoms. The second-order valence-corrected chi connectivity index (χ2v) is 7.20. The lowest BCUT2D eigenvalue weighted by atomic mass is 10.1. The first kappa shape index (κ1) is 14.3. The fraction of sp³-hybridized carbons (Fsp3) is 0.500. The molecule has 1 aromatic carbocycles. The molecule has 0 atom stereocenters. The van der Waals surface area contributed by atoms with Gasteiger partial charge in [-0.05, 0) is 58.2 Å². The number of hydrogen-bond donors (Lipinski definition) is 1. The Labute approximate surface area is 127 Å². The molecule has 0 amide bonds. The van der Waals surface area contributed by atoms with E-state index in [2.05, 4.69) is 63.5 Å². The molecule has 3 rings (SSSR count). The molecule has 0 saturated heterocycles. The summed E-state index contributed by atoms with van der Waals surface area (Å²) in [5.41, 5.74) is 5.13. The van der Waals surface area contributed by atoms with E-state index in [9.17, 15) is 0 Å². The number of aryl methyl sites for hydroxylation is 1. The van der Waals surface area contributed by atoms with Crippen molar-refractivity contribution in [3.05, 3.63) is 47.3 Å². The van der Waals surface area contributed by atoms with Gasteiger partial charge in [0.1, 0.15) is 0 Å². The maximum absolute atomic E-state index is 4.77. The summed E-state index contributed by atoms with van der Waals surface area (Å²) in [6.45, 7) is 9.59. The Bertz CT molecular complexity index is 630. The minimum atomic E-state index is 0.115. The Morgan fingerprint density at radius 2 is 2.00 bits per heavy atom. The van der Waals surface area contributed by atoms with E-state index in [-0.39, 0.29) is 5.54 Å². The van der Waals surface area contributed by atoms with Crippen LogP contribution in [0.15, 0.2) is 30.5 Å². The van der Waals surface area contributed by atoms with Gasteiger partial charge in [0.05, 0.1) is 11.4 Å². The number of benzene rings is 1. The van der Waals surface area contributed by atoms with E-state index in [1.54, 1.807) is 0 Å². The third-order valence-corrected chi connectivity index (χ3v) is 3.90. The van der Waals surface area contributed by atoms with Crippen molar-refractivity contribution >= 4 is 0 Å². The quantitative estimate of drug-likeness (QED) is 0.921. The Morgan fingerprint density at radius 1 is 1.24 bits per heavy atom. The largest absolute Gasteiger partial charge is 0.308 e. The Hall–Kier alpha value is -1.61. The maximum atomic E-state index is 4.77. The molecule has 1 fully saturated rings. The van der Waals surface area contributed by atoms with E-state index in [0.717, 1.165) is 6.54 Å². The molecule has 0 radical (unpaired) electrons. The van der Waals surface area contributed by atoms with Crippen LogP contribution in [0.1, 0.15) is 56.4 Å². The van der Waals surface area contributed by atoms with Crippen molar-refractivity contribution in [2.45, 2.75) is 58.5 Å². The van der Waals surface area contributed by atoms with Crippen LogP contribution < -0.4 is 5.32 Å². The van der Waals surface area contributed by atoms with Crippen molar-refractivity contribution in [1.82, 2.24) is 15.1 Å². The van der Waals surface area contributed by atoms with Crippen molar-refractivity contribution in [2.24, 2.45) is 0 Å². The highest BCUT2D eigenvalue weighted by molar-refractivity contribution is 5.43. The lowest BCUT2D eigenvalue weighted by molar-refractivity contribution is 0.423. The molecule has 1 aliphatic carbocycles. The van der Waals surface area contributed by atoms with Crippen molar-refractivity contribution < 1.29 is 0 Å². The SMILES string of the molecule is Cc1ccc(-n2ccc(C3CC3)n2)c(CNC(C)(C)C)c1. The van der Waals surface area contributed by atoms with Gasteiger partial charge >= 0.3 is 0 Å². The van der Waals surface area contributed by atoms with Crippen LogP contribution in [0.5, 0.6) is 0 Å². The summed E-state index contributed by atoms with van der Waals surface area (Å²) in [6.07, 6.45) is 4.69. The fourth-order valence-corrected chi connectivity index (χ4v) is 2.51. The van der Waals surface area contributed by atoms with Crippen LogP contribution in [0.2, 0.25) is 0 Å². The number of nitrogens with zero attached hydrogens (tertiary/aromatic N) is 2. The molecule has 2 aromatic rings. The summed E-state index contributed by atoms with van der Waals surface area (Å²) in [7, 11) is 0. The van der Waals surface area contributed by atoms with Gasteiger partial charge in [0.2, 0.25) is 0 Å². The Morgan fingerprint density at radius 3 is 2.67 bits per heavy atom. The minimum absolute atomic E-state index is 0.115. The van der Waals surface area contributed by atoms with Crippen LogP contribution in [0.4, 0.5) is 0 Å². The molecule has 1 heterocycles. The zero-order chi connectivity index (χ0) is 15.0. The second-order valence-electron chi connectivity index (χ2n) is 7.20. The number of nitrogens with one attached hydrogen (secondary N) is 1. The summed E-state index contributed by atoms with van der Waals surface area (Å²) in [6, 6.07) is 8.76. The van der Waals surface area contributed by atoms with Crippen LogP contribution in [0.25, 0.3) is 5.69 Å². The molecule has 3 heteroatoms. The van der Waals surface area contributed by atoms with E-state index in [0.29, 0.717) is 5.92 Å². The first-order valence-electron chi connectivity index (χ1n) is 7.83. The van der Waals surface area contributed by atoms with Crippen LogP contribution in [0, 0.1) is 6.92 Å². The molecule has 0 unspecified atom stereocenters. The molecule has 1 saturated carbocycles. The third kappa shape index (κ3) is 3.53. The molecule has 0 bridgehead atoms. The van der Waals surface area contributed by atoms with Gasteiger partial charge < -0.3 is 5.32 Å². The molecule has 0 aliphatic heterocycles. The predicted molar refractivity (Wildman–Crippen MR) is 86.9 cm³/mol. The standard InChI is InChI=1S/C18H25N3/c1-13-5-8-17(15(11-13)12-19-18(2,3)4)21-10-9-16(20-21)14-6-7-14/h5,8-11,14,19H,6-7,12H2,1-4H3. The summed E-state index contributed by atoms with van der Waals surface area (Å²) >= 11 is 0. The molecule has 1 aliphatic rings. The second kappa shape index (κ2) is 5.30. The minimum Gasteiger partial charge on any atom is -0.308 e. The number of rotatable bonds is 4. The van der Waals surface area contributed by atoms with Crippen molar-refractivity contribution in [2.75, 3.05) is 0 Å². The maximum Gasteiger partial charge on any atom is 0.0690 e. The normalized spacial score (nSPS) is 15.4. The zero-order valence-electron chi connectivity index (χ0n) is 13.5. The van der Waals surface area contributed by atoms with E-state index in [4.69, 9.17) is 5.10 Å². The average Bonchev–Trinajstić information content (AvgIpc) is 3.14. The summed E-state index contributed by atoms with van der Waals surface area (Å²) in [4.78, 5) is 0. The highest BCUT2D eigenvalue weighted by Crippen LogP contribution is 2.39. The summed E-state index contributed by atoms with van der Waals surface area (Å²) in [5, 5.41) is 8.34. The van der Waals surface area contributed by atoms with Crippen LogP contribution in [0.3, 0.4) is 0 Å². The van der Waals surface area contributed by atoms with Crippen LogP contribution in [-0.2, 0) is 6.54 Å². The smallest absolute Gasteiger partial charge is 0.0690 e. The topological polar surface area (TPSA) is 29.9 Å². The fourth-order valence-electron chi connectivity index (χ4n) is 2.51. The van der Waals surface area contributed by atoms with Gasteiger partial charge in [-0.3, -0.25) is 0 Å². The molecule has 1 N–H and O–H groups in total. The number of aromatic nitrogens is 2. The molecule has 112 valence electrons. The van der Waals surface area contributed by atoms with Gasteiger partial charge in [0.15, 0.2) is 0 Å². The van der Waals surface area contributed by atoms with Gasteiger partial charge in [-0.1, -0.05) is 17.7 Å². The third-order valence-electron chi connectivity index (χ3n) is 3.90. The first-order chi connectivity index (χ1) is 9.92. The van der Waals surface area contributed by atoms with Crippen LogP contribution in [-0.4, -0.2) is 15.3 Å². The van der Waals surface area contributed by atoms with Gasteiger partial charge in [-0.15, -0.1) is 0 Å². The predicted octanol–water partition coefficient (Wildman–Crippen LogP) is 3.95. The molecule has 21 heavy (non-hydrogen) atoms. The lowest BCUT2D eigenvalue weighted by Crippen LogP contribution is -2.35.